The molecule has 0 bridgehead atoms. The molecule has 0 aliphatic carbocycles. The van der Waals surface area contributed by atoms with Crippen molar-refractivity contribution in [2.24, 2.45) is 0 Å². The molecule has 6 heteroatoms. The monoisotopic (exact) mass is 369 g/mol. The summed E-state index contributed by atoms with van der Waals surface area (Å²) in [5.74, 6) is 0.419. The van der Waals surface area contributed by atoms with Crippen molar-refractivity contribution in [3.8, 4) is 0 Å². The summed E-state index contributed by atoms with van der Waals surface area (Å²) in [7, 11) is -3.59. The Hall–Kier alpha value is -2.60. The van der Waals surface area contributed by atoms with Gasteiger partial charge in [0, 0.05) is 18.1 Å². The van der Waals surface area contributed by atoms with Gasteiger partial charge in [0.1, 0.15) is 0 Å². The van der Waals surface area contributed by atoms with Crippen LogP contribution >= 0.6 is 0 Å². The van der Waals surface area contributed by atoms with Crippen LogP contribution in [0.2, 0.25) is 0 Å². The first-order valence-electron chi connectivity index (χ1n) is 8.67. The van der Waals surface area contributed by atoms with Crippen LogP contribution in [0, 0.1) is 0 Å². The molecule has 1 unspecified atom stereocenters. The van der Waals surface area contributed by atoms with Crippen molar-refractivity contribution in [1.82, 2.24) is 9.78 Å². The number of nitrogens with zero attached hydrogens (tertiary/aromatic N) is 2. The van der Waals surface area contributed by atoms with E-state index in [9.17, 15) is 8.42 Å². The molecule has 3 rings (SSSR count). The highest BCUT2D eigenvalue weighted by molar-refractivity contribution is 7.92. The van der Waals surface area contributed by atoms with Crippen LogP contribution < -0.4 is 4.72 Å². The smallest absolute Gasteiger partial charge is 0.261 e. The summed E-state index contributed by atoms with van der Waals surface area (Å²) in [6.45, 7) is 4.90. The van der Waals surface area contributed by atoms with Crippen molar-refractivity contribution in [2.75, 3.05) is 4.72 Å². The number of nitrogens with one attached hydrogen (secondary N) is 1. The van der Waals surface area contributed by atoms with E-state index in [2.05, 4.69) is 23.7 Å². The summed E-state index contributed by atoms with van der Waals surface area (Å²) in [6, 6.07) is 16.3. The highest BCUT2D eigenvalue weighted by Crippen LogP contribution is 2.22. The lowest BCUT2D eigenvalue weighted by Crippen LogP contribution is -2.13. The van der Waals surface area contributed by atoms with Gasteiger partial charge in [-0.2, -0.15) is 5.10 Å². The molecule has 3 aromatic rings. The number of aromatic nitrogens is 2. The third-order valence-electron chi connectivity index (χ3n) is 4.48. The van der Waals surface area contributed by atoms with Crippen LogP contribution in [0.25, 0.3) is 0 Å². The second-order valence-corrected chi connectivity index (χ2v) is 8.07. The molecule has 1 atom stereocenters. The fraction of sp³-hybridized carbons (Fsp3) is 0.250. The third-order valence-corrected chi connectivity index (χ3v) is 5.88. The molecule has 0 aliphatic heterocycles. The van der Waals surface area contributed by atoms with E-state index in [1.165, 1.54) is 0 Å². The van der Waals surface area contributed by atoms with Gasteiger partial charge >= 0.3 is 0 Å². The molecule has 1 heterocycles. The second-order valence-electron chi connectivity index (χ2n) is 6.38. The minimum Gasteiger partial charge on any atom is -0.280 e. The Morgan fingerprint density at radius 3 is 2.35 bits per heavy atom. The van der Waals surface area contributed by atoms with Gasteiger partial charge in [0.2, 0.25) is 0 Å². The maximum Gasteiger partial charge on any atom is 0.261 e. The Kier molecular flexibility index (Phi) is 5.42. The first-order chi connectivity index (χ1) is 12.5. The van der Waals surface area contributed by atoms with Gasteiger partial charge in [-0.3, -0.25) is 9.40 Å². The van der Waals surface area contributed by atoms with Crippen LogP contribution in [0.4, 0.5) is 5.69 Å². The molecule has 0 saturated heterocycles. The Balaban J connectivity index is 1.70. The maximum absolute atomic E-state index is 12.6. The molecular formula is C20H23N3O2S. The van der Waals surface area contributed by atoms with Gasteiger partial charge in [-0.15, -0.1) is 0 Å². The van der Waals surface area contributed by atoms with Gasteiger partial charge in [-0.25, -0.2) is 8.42 Å². The van der Waals surface area contributed by atoms with Gasteiger partial charge in [-0.1, -0.05) is 38.1 Å². The number of rotatable bonds is 7. The first kappa shape index (κ1) is 18.2. The van der Waals surface area contributed by atoms with E-state index in [0.29, 0.717) is 18.2 Å². The average Bonchev–Trinajstić information content (AvgIpc) is 3.15. The zero-order valence-corrected chi connectivity index (χ0v) is 15.8. The number of hydrogen-bond donors (Lipinski definition) is 1. The van der Waals surface area contributed by atoms with Crippen molar-refractivity contribution in [3.63, 3.8) is 0 Å². The molecule has 0 amide bonds. The predicted molar refractivity (Wildman–Crippen MR) is 104 cm³/mol. The third kappa shape index (κ3) is 4.32. The summed E-state index contributed by atoms with van der Waals surface area (Å²) >= 11 is 0. The molecule has 0 saturated carbocycles. The Bertz CT molecular complexity index is 932. The average molecular weight is 369 g/mol. The van der Waals surface area contributed by atoms with Gasteiger partial charge < -0.3 is 0 Å². The molecule has 2 aromatic carbocycles. The molecule has 0 aliphatic rings. The topological polar surface area (TPSA) is 64.0 Å². The predicted octanol–water partition coefficient (Wildman–Crippen LogP) is 4.25. The number of benzene rings is 2. The molecule has 0 fully saturated rings. The zero-order chi connectivity index (χ0) is 18.6. The minimum atomic E-state index is -3.59. The van der Waals surface area contributed by atoms with Crippen molar-refractivity contribution >= 4 is 15.7 Å². The van der Waals surface area contributed by atoms with Crippen LogP contribution in [-0.4, -0.2) is 18.2 Å². The van der Waals surface area contributed by atoms with Gasteiger partial charge in [-0.05, 0) is 53.8 Å². The lowest BCUT2D eigenvalue weighted by molar-refractivity contribution is 0.601. The fourth-order valence-corrected chi connectivity index (χ4v) is 3.74. The van der Waals surface area contributed by atoms with Crippen molar-refractivity contribution in [2.45, 2.75) is 37.6 Å². The second kappa shape index (κ2) is 7.74. The molecule has 26 heavy (non-hydrogen) atoms. The Morgan fingerprint density at radius 2 is 1.77 bits per heavy atom. The lowest BCUT2D eigenvalue weighted by Gasteiger charge is -2.12. The molecule has 5 nitrogen and oxygen atoms in total. The molecule has 1 aromatic heterocycles. The van der Waals surface area contributed by atoms with Crippen LogP contribution in [0.15, 0.2) is 71.9 Å². The SMILES string of the molecule is CCC(C)c1ccc(S(=O)(=O)Nc2ccc(Cn3cccn3)cc2)cc1. The van der Waals surface area contributed by atoms with E-state index < -0.39 is 10.0 Å². The Labute approximate surface area is 154 Å². The summed E-state index contributed by atoms with van der Waals surface area (Å²) in [6.07, 6.45) is 4.64. The fourth-order valence-electron chi connectivity index (χ4n) is 2.68. The molecule has 136 valence electrons. The van der Waals surface area contributed by atoms with Crippen LogP contribution in [0.1, 0.15) is 37.3 Å². The van der Waals surface area contributed by atoms with E-state index in [4.69, 9.17) is 0 Å². The maximum atomic E-state index is 12.6. The largest absolute Gasteiger partial charge is 0.280 e. The van der Waals surface area contributed by atoms with Crippen molar-refractivity contribution in [3.05, 3.63) is 78.1 Å². The Morgan fingerprint density at radius 1 is 1.08 bits per heavy atom. The summed E-state index contributed by atoms with van der Waals surface area (Å²) < 4.78 is 29.6. The number of sulfonamides is 1. The van der Waals surface area contributed by atoms with Crippen LogP contribution in [0.5, 0.6) is 0 Å². The van der Waals surface area contributed by atoms with E-state index in [1.54, 1.807) is 30.5 Å². The lowest BCUT2D eigenvalue weighted by atomic mass is 9.99. The highest BCUT2D eigenvalue weighted by atomic mass is 32.2. The zero-order valence-electron chi connectivity index (χ0n) is 15.0. The van der Waals surface area contributed by atoms with E-state index >= 15 is 0 Å². The van der Waals surface area contributed by atoms with Crippen molar-refractivity contribution in [1.29, 1.82) is 0 Å². The molecular weight excluding hydrogens is 346 g/mol. The van der Waals surface area contributed by atoms with Crippen LogP contribution in [-0.2, 0) is 16.6 Å². The normalized spacial score (nSPS) is 12.7. The van der Waals surface area contributed by atoms with Crippen molar-refractivity contribution < 1.29 is 8.42 Å². The summed E-state index contributed by atoms with van der Waals surface area (Å²) in [5.41, 5.74) is 2.74. The van der Waals surface area contributed by atoms with E-state index in [1.807, 2.05) is 41.2 Å². The number of anilines is 1. The first-order valence-corrected chi connectivity index (χ1v) is 10.2. The number of hydrogen-bond acceptors (Lipinski definition) is 3. The van der Waals surface area contributed by atoms with Gasteiger partial charge in [0.25, 0.3) is 10.0 Å². The molecule has 0 radical (unpaired) electrons. The minimum absolute atomic E-state index is 0.269. The summed E-state index contributed by atoms with van der Waals surface area (Å²) in [5, 5.41) is 4.16. The molecule has 0 spiro atoms. The summed E-state index contributed by atoms with van der Waals surface area (Å²) in [4.78, 5) is 0.269. The van der Waals surface area contributed by atoms with Gasteiger partial charge in [0.05, 0.1) is 11.4 Å². The highest BCUT2D eigenvalue weighted by Gasteiger charge is 2.14. The quantitative estimate of drug-likeness (QED) is 0.677. The van der Waals surface area contributed by atoms with E-state index in [0.717, 1.165) is 17.5 Å². The standard InChI is InChI=1S/C20H23N3O2S/c1-3-16(2)18-7-11-20(12-8-18)26(24,25)22-19-9-5-17(6-10-19)15-23-14-4-13-21-23/h4-14,16,22H,3,15H2,1-2H3. The van der Waals surface area contributed by atoms with Gasteiger partial charge in [0.15, 0.2) is 0 Å². The van der Waals surface area contributed by atoms with Crippen LogP contribution in [0.3, 0.4) is 0 Å². The van der Waals surface area contributed by atoms with E-state index in [-0.39, 0.29) is 4.90 Å². The molecule has 1 N–H and O–H groups in total.